The van der Waals surface area contributed by atoms with Gasteiger partial charge < -0.3 is 15.1 Å². The van der Waals surface area contributed by atoms with Gasteiger partial charge >= 0.3 is 0 Å². The van der Waals surface area contributed by atoms with E-state index in [0.717, 1.165) is 0 Å². The highest BCUT2D eigenvalue weighted by atomic mass is 16.3. The van der Waals surface area contributed by atoms with Crippen LogP contribution in [0.5, 0.6) is 0 Å². The normalized spacial score (nSPS) is 11.3. The molecular formula is C13H15N3O2. The topological polar surface area (TPSA) is 83.3 Å². The number of amides is 1. The van der Waals surface area contributed by atoms with Crippen molar-refractivity contribution in [1.82, 2.24) is 4.90 Å². The number of carbonyl (C=O) groups excluding carboxylic acids is 1. The van der Waals surface area contributed by atoms with Gasteiger partial charge in [0.15, 0.2) is 0 Å². The highest BCUT2D eigenvalue weighted by molar-refractivity contribution is 5.81. The Kier molecular flexibility index (Phi) is 5.50. The van der Waals surface area contributed by atoms with Crippen LogP contribution < -0.4 is 5.73 Å². The fraction of sp³-hybridized carbons (Fsp3) is 0.385. The van der Waals surface area contributed by atoms with Crippen LogP contribution in [0.15, 0.2) is 22.8 Å². The number of nitrogens with two attached hydrogens (primary N) is 1. The molecule has 5 nitrogen and oxygen atoms in total. The van der Waals surface area contributed by atoms with E-state index in [2.05, 4.69) is 5.92 Å². The number of hydrogen-bond acceptors (Lipinski definition) is 4. The van der Waals surface area contributed by atoms with Crippen molar-refractivity contribution in [2.75, 3.05) is 6.54 Å². The average molecular weight is 245 g/mol. The molecule has 94 valence electrons. The standard InChI is InChI=1S/C13H15N3O2/c1-2-5-12(15)13(17)16(8-4-7-14)10-11-6-3-9-18-11/h1,3,6,9,12H,4-5,8,10,15H2. The number of nitrogens with zero attached hydrogens (tertiary/aromatic N) is 2. The van der Waals surface area contributed by atoms with Crippen LogP contribution in [0.3, 0.4) is 0 Å². The number of rotatable bonds is 6. The van der Waals surface area contributed by atoms with Gasteiger partial charge in [0.1, 0.15) is 5.76 Å². The Hall–Kier alpha value is -2.24. The lowest BCUT2D eigenvalue weighted by molar-refractivity contribution is -0.133. The van der Waals surface area contributed by atoms with Gasteiger partial charge in [-0.25, -0.2) is 0 Å². The molecule has 1 aromatic rings. The zero-order valence-electron chi connectivity index (χ0n) is 10.0. The van der Waals surface area contributed by atoms with Crippen molar-refractivity contribution in [3.05, 3.63) is 24.2 Å². The predicted octanol–water partition coefficient (Wildman–Crippen LogP) is 0.872. The summed E-state index contributed by atoms with van der Waals surface area (Å²) in [4.78, 5) is 13.5. The first-order chi connectivity index (χ1) is 8.69. The van der Waals surface area contributed by atoms with Crippen LogP contribution in [-0.2, 0) is 11.3 Å². The van der Waals surface area contributed by atoms with Crippen molar-refractivity contribution in [2.24, 2.45) is 5.73 Å². The zero-order chi connectivity index (χ0) is 13.4. The summed E-state index contributed by atoms with van der Waals surface area (Å²) in [5.74, 6) is 2.74. The molecule has 0 aliphatic rings. The van der Waals surface area contributed by atoms with E-state index < -0.39 is 6.04 Å². The second-order valence-electron chi connectivity index (χ2n) is 3.76. The van der Waals surface area contributed by atoms with Crippen LogP contribution in [0.2, 0.25) is 0 Å². The van der Waals surface area contributed by atoms with Gasteiger partial charge in [-0.05, 0) is 12.1 Å². The molecule has 5 heteroatoms. The van der Waals surface area contributed by atoms with Gasteiger partial charge in [-0.1, -0.05) is 0 Å². The molecule has 0 bridgehead atoms. The molecule has 2 N–H and O–H groups in total. The molecular weight excluding hydrogens is 230 g/mol. The van der Waals surface area contributed by atoms with Gasteiger partial charge in [0, 0.05) is 13.0 Å². The molecule has 0 fully saturated rings. The Balaban J connectivity index is 2.69. The largest absolute Gasteiger partial charge is 0.467 e. The molecule has 1 amide bonds. The SMILES string of the molecule is C#CCC(N)C(=O)N(CCC#N)Cc1ccco1. The van der Waals surface area contributed by atoms with E-state index in [1.165, 1.54) is 11.2 Å². The van der Waals surface area contributed by atoms with Crippen molar-refractivity contribution >= 4 is 5.91 Å². The molecule has 1 heterocycles. The molecule has 0 radical (unpaired) electrons. The zero-order valence-corrected chi connectivity index (χ0v) is 10.0. The molecule has 1 aromatic heterocycles. The van der Waals surface area contributed by atoms with E-state index in [-0.39, 0.29) is 18.7 Å². The minimum atomic E-state index is -0.733. The average Bonchev–Trinajstić information content (AvgIpc) is 2.86. The molecule has 18 heavy (non-hydrogen) atoms. The van der Waals surface area contributed by atoms with Crippen LogP contribution in [0.4, 0.5) is 0 Å². The monoisotopic (exact) mass is 245 g/mol. The van der Waals surface area contributed by atoms with Crippen molar-refractivity contribution < 1.29 is 9.21 Å². The van der Waals surface area contributed by atoms with Crippen LogP contribution in [0, 0.1) is 23.7 Å². The van der Waals surface area contributed by atoms with Gasteiger partial charge in [-0.3, -0.25) is 4.79 Å². The second-order valence-corrected chi connectivity index (χ2v) is 3.76. The molecule has 0 aliphatic heterocycles. The van der Waals surface area contributed by atoms with E-state index >= 15 is 0 Å². The van der Waals surface area contributed by atoms with E-state index in [9.17, 15) is 4.79 Å². The maximum absolute atomic E-state index is 12.0. The van der Waals surface area contributed by atoms with Crippen molar-refractivity contribution in [3.63, 3.8) is 0 Å². The van der Waals surface area contributed by atoms with E-state index in [1.54, 1.807) is 12.1 Å². The number of nitriles is 1. The van der Waals surface area contributed by atoms with E-state index in [1.807, 2.05) is 6.07 Å². The maximum atomic E-state index is 12.0. The Morgan fingerprint density at radius 3 is 3.00 bits per heavy atom. The maximum Gasteiger partial charge on any atom is 0.240 e. The number of terminal acetylenes is 1. The van der Waals surface area contributed by atoms with Gasteiger partial charge in [0.25, 0.3) is 0 Å². The summed E-state index contributed by atoms with van der Waals surface area (Å²) < 4.78 is 5.18. The van der Waals surface area contributed by atoms with Gasteiger partial charge in [0.2, 0.25) is 5.91 Å². The molecule has 0 aromatic carbocycles. The summed E-state index contributed by atoms with van der Waals surface area (Å²) in [5, 5.41) is 8.59. The van der Waals surface area contributed by atoms with Crippen LogP contribution in [0.25, 0.3) is 0 Å². The number of carbonyl (C=O) groups is 1. The second kappa shape index (κ2) is 7.16. The highest BCUT2D eigenvalue weighted by Crippen LogP contribution is 2.08. The summed E-state index contributed by atoms with van der Waals surface area (Å²) in [6, 6.07) is 4.77. The fourth-order valence-electron chi connectivity index (χ4n) is 1.49. The Morgan fingerprint density at radius 1 is 1.67 bits per heavy atom. The minimum absolute atomic E-state index is 0.181. The lowest BCUT2D eigenvalue weighted by Gasteiger charge is -2.23. The quantitative estimate of drug-likeness (QED) is 0.754. The predicted molar refractivity (Wildman–Crippen MR) is 65.8 cm³/mol. The van der Waals surface area contributed by atoms with Crippen LogP contribution in [0.1, 0.15) is 18.6 Å². The smallest absolute Gasteiger partial charge is 0.240 e. The molecule has 0 aliphatic carbocycles. The lowest BCUT2D eigenvalue weighted by atomic mass is 10.2. The van der Waals surface area contributed by atoms with Crippen LogP contribution >= 0.6 is 0 Å². The Labute approximate surface area is 106 Å². The lowest BCUT2D eigenvalue weighted by Crippen LogP contribution is -2.43. The van der Waals surface area contributed by atoms with Gasteiger partial charge in [-0.2, -0.15) is 5.26 Å². The van der Waals surface area contributed by atoms with E-state index in [4.69, 9.17) is 21.8 Å². The van der Waals surface area contributed by atoms with E-state index in [0.29, 0.717) is 18.8 Å². The fourth-order valence-corrected chi connectivity index (χ4v) is 1.49. The first kappa shape index (κ1) is 13.8. The third-order valence-electron chi connectivity index (χ3n) is 2.39. The summed E-state index contributed by atoms with van der Waals surface area (Å²) in [6.45, 7) is 0.611. The van der Waals surface area contributed by atoms with Crippen molar-refractivity contribution in [3.8, 4) is 18.4 Å². The third-order valence-corrected chi connectivity index (χ3v) is 2.39. The van der Waals surface area contributed by atoms with Crippen molar-refractivity contribution in [1.29, 1.82) is 5.26 Å². The minimum Gasteiger partial charge on any atom is -0.467 e. The molecule has 0 saturated heterocycles. The Bertz CT molecular complexity index is 454. The third kappa shape index (κ3) is 3.97. The summed E-state index contributed by atoms with van der Waals surface area (Å²) in [7, 11) is 0. The van der Waals surface area contributed by atoms with Gasteiger partial charge in [0.05, 0.1) is 31.3 Å². The highest BCUT2D eigenvalue weighted by Gasteiger charge is 2.20. The first-order valence-electron chi connectivity index (χ1n) is 5.56. The molecule has 0 saturated carbocycles. The van der Waals surface area contributed by atoms with Gasteiger partial charge in [-0.15, -0.1) is 12.3 Å². The summed E-state index contributed by atoms with van der Waals surface area (Å²) >= 11 is 0. The number of furan rings is 1. The number of hydrogen-bond donors (Lipinski definition) is 1. The summed E-state index contributed by atoms with van der Waals surface area (Å²) in [5.41, 5.74) is 5.68. The van der Waals surface area contributed by atoms with Crippen LogP contribution in [-0.4, -0.2) is 23.4 Å². The first-order valence-corrected chi connectivity index (χ1v) is 5.56. The molecule has 1 unspecified atom stereocenters. The molecule has 1 rings (SSSR count). The summed E-state index contributed by atoms with van der Waals surface area (Å²) in [6.07, 6.45) is 7.09. The Morgan fingerprint density at radius 2 is 2.44 bits per heavy atom. The molecule has 0 spiro atoms. The molecule has 1 atom stereocenters. The van der Waals surface area contributed by atoms with Crippen molar-refractivity contribution in [2.45, 2.75) is 25.4 Å².